The van der Waals surface area contributed by atoms with E-state index in [0.717, 1.165) is 17.7 Å². The summed E-state index contributed by atoms with van der Waals surface area (Å²) in [5.74, 6) is -0.247. The number of fused-ring (bicyclic) bond motifs is 1. The SMILES string of the molecule is CCCn1c(=O)[nH]c(=O)c2cc(C(=O)N(C)Cc3ccc(N(C)C)cc3)cnc21. The minimum atomic E-state index is -0.540. The fourth-order valence-electron chi connectivity index (χ4n) is 3.18. The molecule has 2 heterocycles. The van der Waals surface area contributed by atoms with Gasteiger partial charge in [0.25, 0.3) is 11.5 Å². The first kappa shape index (κ1) is 20.3. The molecule has 0 saturated heterocycles. The number of pyridine rings is 1. The van der Waals surface area contributed by atoms with Gasteiger partial charge in [-0.1, -0.05) is 19.1 Å². The van der Waals surface area contributed by atoms with Gasteiger partial charge in [0.05, 0.1) is 10.9 Å². The second-order valence-electron chi connectivity index (χ2n) is 7.23. The summed E-state index contributed by atoms with van der Waals surface area (Å²) in [5, 5.41) is 0.229. The highest BCUT2D eigenvalue weighted by atomic mass is 16.2. The fourth-order valence-corrected chi connectivity index (χ4v) is 3.18. The zero-order valence-corrected chi connectivity index (χ0v) is 17.1. The molecule has 0 saturated carbocycles. The molecule has 0 spiro atoms. The van der Waals surface area contributed by atoms with E-state index < -0.39 is 11.2 Å². The monoisotopic (exact) mass is 395 g/mol. The summed E-state index contributed by atoms with van der Waals surface area (Å²) in [7, 11) is 5.65. The van der Waals surface area contributed by atoms with Crippen molar-refractivity contribution < 1.29 is 4.79 Å². The first-order chi connectivity index (χ1) is 13.8. The van der Waals surface area contributed by atoms with Crippen molar-refractivity contribution in [1.29, 1.82) is 0 Å². The van der Waals surface area contributed by atoms with Crippen molar-refractivity contribution >= 4 is 22.6 Å². The molecule has 3 rings (SSSR count). The molecule has 152 valence electrons. The van der Waals surface area contributed by atoms with E-state index in [1.165, 1.54) is 16.8 Å². The molecule has 3 aromatic rings. The van der Waals surface area contributed by atoms with Crippen LogP contribution >= 0.6 is 0 Å². The Balaban J connectivity index is 1.88. The molecule has 1 aromatic carbocycles. The van der Waals surface area contributed by atoms with Crippen LogP contribution in [0.15, 0.2) is 46.1 Å². The van der Waals surface area contributed by atoms with E-state index in [2.05, 4.69) is 9.97 Å². The average molecular weight is 395 g/mol. The quantitative estimate of drug-likeness (QED) is 0.688. The highest BCUT2D eigenvalue weighted by Gasteiger charge is 2.16. The lowest BCUT2D eigenvalue weighted by atomic mass is 10.1. The van der Waals surface area contributed by atoms with Crippen molar-refractivity contribution in [2.45, 2.75) is 26.4 Å². The molecule has 0 bridgehead atoms. The summed E-state index contributed by atoms with van der Waals surface area (Å²) in [6.45, 7) is 2.80. The number of hydrogen-bond donors (Lipinski definition) is 1. The normalized spacial score (nSPS) is 10.9. The molecule has 0 aliphatic heterocycles. The Labute approximate surface area is 168 Å². The molecule has 1 N–H and O–H groups in total. The Hall–Kier alpha value is -3.42. The molecular formula is C21H25N5O3. The Morgan fingerprint density at radius 1 is 1.14 bits per heavy atom. The third-order valence-corrected chi connectivity index (χ3v) is 4.75. The lowest BCUT2D eigenvalue weighted by molar-refractivity contribution is 0.0785. The average Bonchev–Trinajstić information content (AvgIpc) is 2.70. The summed E-state index contributed by atoms with van der Waals surface area (Å²) in [4.78, 5) is 47.3. The van der Waals surface area contributed by atoms with E-state index in [1.54, 1.807) is 11.9 Å². The molecule has 0 radical (unpaired) electrons. The number of anilines is 1. The standard InChI is InChI=1S/C21H25N5O3/c1-5-10-26-18-17(19(27)23-21(26)29)11-15(12-22-18)20(28)25(4)13-14-6-8-16(9-7-14)24(2)3/h6-9,11-12H,5,10,13H2,1-4H3,(H,23,27,29). The molecule has 0 fully saturated rings. The molecule has 1 amide bonds. The molecule has 0 unspecified atom stereocenters. The van der Waals surface area contributed by atoms with Crippen LogP contribution in [0.5, 0.6) is 0 Å². The Morgan fingerprint density at radius 3 is 2.45 bits per heavy atom. The van der Waals surface area contributed by atoms with E-state index in [4.69, 9.17) is 0 Å². The van der Waals surface area contributed by atoms with Crippen LogP contribution in [0.25, 0.3) is 11.0 Å². The maximum absolute atomic E-state index is 12.9. The van der Waals surface area contributed by atoms with Crippen molar-refractivity contribution in [3.63, 3.8) is 0 Å². The number of H-pyrrole nitrogens is 1. The zero-order valence-electron chi connectivity index (χ0n) is 17.1. The van der Waals surface area contributed by atoms with Gasteiger partial charge in [-0.25, -0.2) is 9.78 Å². The van der Waals surface area contributed by atoms with Gasteiger partial charge >= 0.3 is 5.69 Å². The van der Waals surface area contributed by atoms with Gasteiger partial charge < -0.3 is 9.80 Å². The highest BCUT2D eigenvalue weighted by Crippen LogP contribution is 2.15. The molecule has 8 nitrogen and oxygen atoms in total. The molecule has 0 aliphatic carbocycles. The van der Waals surface area contributed by atoms with Gasteiger partial charge in [0.15, 0.2) is 0 Å². The van der Waals surface area contributed by atoms with Crippen molar-refractivity contribution in [2.24, 2.45) is 0 Å². The second kappa shape index (κ2) is 8.30. The van der Waals surface area contributed by atoms with Crippen LogP contribution in [-0.4, -0.2) is 46.5 Å². The van der Waals surface area contributed by atoms with E-state index in [9.17, 15) is 14.4 Å². The summed E-state index contributed by atoms with van der Waals surface area (Å²) in [6.07, 6.45) is 2.14. The van der Waals surface area contributed by atoms with Gasteiger partial charge in [0.2, 0.25) is 0 Å². The zero-order chi connectivity index (χ0) is 21.1. The second-order valence-corrected chi connectivity index (χ2v) is 7.23. The molecule has 0 atom stereocenters. The lowest BCUT2D eigenvalue weighted by Crippen LogP contribution is -2.31. The number of carbonyl (C=O) groups excluding carboxylic acids is 1. The maximum Gasteiger partial charge on any atom is 0.329 e. The summed E-state index contributed by atoms with van der Waals surface area (Å²) in [6, 6.07) is 9.45. The number of rotatable bonds is 6. The van der Waals surface area contributed by atoms with E-state index in [0.29, 0.717) is 24.3 Å². The molecule has 8 heteroatoms. The van der Waals surface area contributed by atoms with Crippen LogP contribution in [0.1, 0.15) is 29.3 Å². The number of aryl methyl sites for hydroxylation is 1. The number of nitrogens with zero attached hydrogens (tertiary/aromatic N) is 4. The molecule has 2 aromatic heterocycles. The third kappa shape index (κ3) is 4.21. The van der Waals surface area contributed by atoms with Crippen molar-refractivity contribution in [3.8, 4) is 0 Å². The van der Waals surface area contributed by atoms with Crippen molar-refractivity contribution in [3.05, 3.63) is 68.5 Å². The van der Waals surface area contributed by atoms with E-state index in [-0.39, 0.29) is 11.3 Å². The Morgan fingerprint density at radius 2 is 1.83 bits per heavy atom. The Bertz CT molecular complexity index is 1150. The topological polar surface area (TPSA) is 91.3 Å². The minimum absolute atomic E-state index is 0.229. The first-order valence-corrected chi connectivity index (χ1v) is 9.46. The Kier molecular flexibility index (Phi) is 5.81. The number of nitrogens with one attached hydrogen (secondary N) is 1. The largest absolute Gasteiger partial charge is 0.378 e. The van der Waals surface area contributed by atoms with Crippen LogP contribution in [0.4, 0.5) is 5.69 Å². The van der Waals surface area contributed by atoms with Gasteiger partial charge in [-0.05, 0) is 30.2 Å². The van der Waals surface area contributed by atoms with Gasteiger partial charge in [0, 0.05) is 46.1 Å². The summed E-state index contributed by atoms with van der Waals surface area (Å²) < 4.78 is 1.42. The number of aromatic amines is 1. The van der Waals surface area contributed by atoms with Crippen LogP contribution < -0.4 is 16.1 Å². The van der Waals surface area contributed by atoms with Crippen LogP contribution in [0.2, 0.25) is 0 Å². The molecule has 29 heavy (non-hydrogen) atoms. The van der Waals surface area contributed by atoms with E-state index >= 15 is 0 Å². The van der Waals surface area contributed by atoms with Crippen molar-refractivity contribution in [2.75, 3.05) is 26.0 Å². The number of carbonyl (C=O) groups is 1. The third-order valence-electron chi connectivity index (χ3n) is 4.75. The lowest BCUT2D eigenvalue weighted by Gasteiger charge is -2.19. The highest BCUT2D eigenvalue weighted by molar-refractivity contribution is 5.96. The first-order valence-electron chi connectivity index (χ1n) is 9.46. The van der Waals surface area contributed by atoms with Gasteiger partial charge in [-0.3, -0.25) is 19.1 Å². The van der Waals surface area contributed by atoms with Gasteiger partial charge in [-0.15, -0.1) is 0 Å². The molecule has 0 aliphatic rings. The summed E-state index contributed by atoms with van der Waals surface area (Å²) >= 11 is 0. The van der Waals surface area contributed by atoms with Crippen LogP contribution in [-0.2, 0) is 13.1 Å². The smallest absolute Gasteiger partial charge is 0.329 e. The van der Waals surface area contributed by atoms with Crippen LogP contribution in [0.3, 0.4) is 0 Å². The minimum Gasteiger partial charge on any atom is -0.378 e. The predicted octanol–water partition coefficient (Wildman–Crippen LogP) is 1.83. The number of hydrogen-bond acceptors (Lipinski definition) is 5. The summed E-state index contributed by atoms with van der Waals surface area (Å²) in [5.41, 5.74) is 1.64. The van der Waals surface area contributed by atoms with Crippen LogP contribution in [0, 0.1) is 0 Å². The maximum atomic E-state index is 12.9. The van der Waals surface area contributed by atoms with Gasteiger partial charge in [0.1, 0.15) is 5.65 Å². The molecular weight excluding hydrogens is 370 g/mol. The van der Waals surface area contributed by atoms with Crippen molar-refractivity contribution in [1.82, 2.24) is 19.4 Å². The number of aromatic nitrogens is 3. The number of amides is 1. The van der Waals surface area contributed by atoms with Gasteiger partial charge in [-0.2, -0.15) is 0 Å². The number of benzene rings is 1. The van der Waals surface area contributed by atoms with E-state index in [1.807, 2.05) is 50.2 Å². The fraction of sp³-hybridized carbons (Fsp3) is 0.333. The predicted molar refractivity (Wildman–Crippen MR) is 113 cm³/mol.